The van der Waals surface area contributed by atoms with Crippen molar-refractivity contribution in [3.8, 4) is 0 Å². The number of nitrogens with zero attached hydrogens (tertiary/aromatic N) is 2. The molecule has 4 atom stereocenters. The third-order valence-corrected chi connectivity index (χ3v) is 8.32. The first-order chi connectivity index (χ1) is 14.4. The number of hydrogen-bond acceptors (Lipinski definition) is 3. The molecule has 162 valence electrons. The lowest BCUT2D eigenvalue weighted by molar-refractivity contribution is -0.152. The van der Waals surface area contributed by atoms with E-state index in [-0.39, 0.29) is 30.8 Å². The maximum Gasteiger partial charge on any atom is 0.320 e. The van der Waals surface area contributed by atoms with Gasteiger partial charge >= 0.3 is 6.03 Å². The van der Waals surface area contributed by atoms with Gasteiger partial charge < -0.3 is 19.6 Å². The molecule has 4 bridgehead atoms. The second-order valence-corrected chi connectivity index (χ2v) is 10.3. The Morgan fingerprint density at radius 1 is 1.07 bits per heavy atom. The molecule has 4 saturated carbocycles. The number of hydrogen-bond donors (Lipinski definition) is 1. The van der Waals surface area contributed by atoms with Crippen LogP contribution in [0.15, 0.2) is 18.2 Å². The number of rotatable bonds is 4. The van der Waals surface area contributed by atoms with Crippen molar-refractivity contribution in [1.29, 1.82) is 0 Å². The van der Waals surface area contributed by atoms with Gasteiger partial charge in [0.25, 0.3) is 0 Å². The molecule has 6 fully saturated rings. The summed E-state index contributed by atoms with van der Waals surface area (Å²) < 4.78 is 32.8. The van der Waals surface area contributed by atoms with Crippen LogP contribution in [0.25, 0.3) is 0 Å². The van der Waals surface area contributed by atoms with Crippen molar-refractivity contribution >= 4 is 6.03 Å². The first-order valence-corrected chi connectivity index (χ1v) is 11.2. The van der Waals surface area contributed by atoms with E-state index in [2.05, 4.69) is 4.90 Å². The van der Waals surface area contributed by atoms with Crippen molar-refractivity contribution < 1.29 is 23.4 Å². The number of carbonyl (C=O) groups excluding carboxylic acids is 1. The van der Waals surface area contributed by atoms with Crippen LogP contribution < -0.4 is 0 Å². The third kappa shape index (κ3) is 2.96. The molecule has 4 aliphatic carbocycles. The number of fused-ring (bicyclic) bond motifs is 1. The molecule has 2 saturated heterocycles. The minimum absolute atomic E-state index is 0.0853. The highest BCUT2D eigenvalue weighted by atomic mass is 19.1. The molecule has 0 aromatic heterocycles. The number of amides is 2. The Morgan fingerprint density at radius 2 is 1.83 bits per heavy atom. The molecule has 6 aliphatic rings. The lowest BCUT2D eigenvalue weighted by atomic mass is 9.52. The summed E-state index contributed by atoms with van der Waals surface area (Å²) >= 11 is 0. The number of urea groups is 1. The fourth-order valence-corrected chi connectivity index (χ4v) is 7.43. The van der Waals surface area contributed by atoms with Crippen molar-refractivity contribution in [2.75, 3.05) is 13.1 Å². The summed E-state index contributed by atoms with van der Waals surface area (Å²) in [6.07, 6.45) is 5.55. The van der Waals surface area contributed by atoms with Gasteiger partial charge in [0.05, 0.1) is 24.4 Å². The molecular formula is C23H28F2N2O3. The quantitative estimate of drug-likeness (QED) is 0.816. The second-order valence-electron chi connectivity index (χ2n) is 10.3. The van der Waals surface area contributed by atoms with E-state index in [0.717, 1.165) is 51.1 Å². The van der Waals surface area contributed by atoms with Crippen LogP contribution in [0.5, 0.6) is 0 Å². The van der Waals surface area contributed by atoms with Crippen molar-refractivity contribution in [2.24, 2.45) is 17.8 Å². The highest BCUT2D eigenvalue weighted by Gasteiger charge is 2.59. The van der Waals surface area contributed by atoms with Crippen LogP contribution in [0.4, 0.5) is 13.6 Å². The molecule has 2 unspecified atom stereocenters. The first-order valence-electron chi connectivity index (χ1n) is 11.2. The highest BCUT2D eigenvalue weighted by molar-refractivity contribution is 5.78. The molecule has 7 heteroatoms. The summed E-state index contributed by atoms with van der Waals surface area (Å²) in [5.74, 6) is 0.294. The van der Waals surface area contributed by atoms with Crippen LogP contribution in [-0.4, -0.2) is 57.8 Å². The Morgan fingerprint density at radius 3 is 2.50 bits per heavy atom. The van der Waals surface area contributed by atoms with E-state index in [1.54, 1.807) is 0 Å². The van der Waals surface area contributed by atoms with Crippen molar-refractivity contribution in [3.63, 3.8) is 0 Å². The SMILES string of the molecule is O=C1N(C2C3CC4CC2CC(O)(C4)C3)C[C@@H]2C[C@@H](OCc3ccc(F)cc3F)CN12. The van der Waals surface area contributed by atoms with Crippen LogP contribution in [0.3, 0.4) is 0 Å². The number of ether oxygens (including phenoxy) is 1. The largest absolute Gasteiger partial charge is 0.390 e. The van der Waals surface area contributed by atoms with Crippen molar-refractivity contribution in [2.45, 2.75) is 68.9 Å². The van der Waals surface area contributed by atoms with Crippen LogP contribution >= 0.6 is 0 Å². The lowest BCUT2D eigenvalue weighted by Crippen LogP contribution is -2.62. The molecule has 1 aromatic carbocycles. The van der Waals surface area contributed by atoms with E-state index in [1.165, 1.54) is 12.1 Å². The molecule has 1 aromatic rings. The zero-order chi connectivity index (χ0) is 20.6. The molecule has 0 radical (unpaired) electrons. The number of benzene rings is 1. The van der Waals surface area contributed by atoms with E-state index in [0.29, 0.717) is 29.9 Å². The van der Waals surface area contributed by atoms with Crippen molar-refractivity contribution in [3.05, 3.63) is 35.4 Å². The third-order valence-electron chi connectivity index (χ3n) is 8.32. The Labute approximate surface area is 175 Å². The summed E-state index contributed by atoms with van der Waals surface area (Å²) in [7, 11) is 0. The van der Waals surface area contributed by atoms with E-state index in [4.69, 9.17) is 4.74 Å². The van der Waals surface area contributed by atoms with Gasteiger partial charge in [-0.25, -0.2) is 13.6 Å². The maximum absolute atomic E-state index is 13.8. The fraction of sp³-hybridized carbons (Fsp3) is 0.696. The zero-order valence-corrected chi connectivity index (χ0v) is 17.0. The van der Waals surface area contributed by atoms with Gasteiger partial charge in [-0.05, 0) is 62.3 Å². The van der Waals surface area contributed by atoms with Crippen LogP contribution in [0, 0.1) is 29.4 Å². The average Bonchev–Trinajstić information content (AvgIpc) is 3.19. The standard InChI is InChI=1S/C23H28F2N2O3/c24-17-2-1-14(20(25)5-17)12-30-19-6-18-10-27(22(28)26(18)11-19)21-15-3-13-4-16(21)9-23(29,7-13)8-15/h1-2,5,13,15-16,18-19,21,29H,3-4,6-12H2/t13?,15?,16?,18-,19+,21?,23?/m0/s1. The average molecular weight is 418 g/mol. The minimum atomic E-state index is -0.598. The second kappa shape index (κ2) is 6.63. The summed E-state index contributed by atoms with van der Waals surface area (Å²) in [5, 5.41) is 10.8. The van der Waals surface area contributed by atoms with Gasteiger partial charge in [-0.1, -0.05) is 6.07 Å². The number of aliphatic hydroxyl groups is 1. The highest BCUT2D eigenvalue weighted by Crippen LogP contribution is 2.57. The minimum Gasteiger partial charge on any atom is -0.390 e. The monoisotopic (exact) mass is 418 g/mol. The predicted molar refractivity (Wildman–Crippen MR) is 104 cm³/mol. The van der Waals surface area contributed by atoms with E-state index in [1.807, 2.05) is 4.90 Å². The fourth-order valence-electron chi connectivity index (χ4n) is 7.43. The van der Waals surface area contributed by atoms with Crippen LogP contribution in [-0.2, 0) is 11.3 Å². The maximum atomic E-state index is 13.8. The topological polar surface area (TPSA) is 53.0 Å². The Hall–Kier alpha value is -1.73. The van der Waals surface area contributed by atoms with Crippen LogP contribution in [0.2, 0.25) is 0 Å². The molecule has 7 rings (SSSR count). The predicted octanol–water partition coefficient (Wildman–Crippen LogP) is 3.30. The van der Waals surface area contributed by atoms with Gasteiger partial charge in [0.15, 0.2) is 0 Å². The van der Waals surface area contributed by atoms with Crippen molar-refractivity contribution in [1.82, 2.24) is 9.80 Å². The Kier molecular flexibility index (Phi) is 4.20. The summed E-state index contributed by atoms with van der Waals surface area (Å²) in [6, 6.07) is 4.02. The van der Waals surface area contributed by atoms with E-state index >= 15 is 0 Å². The smallest absolute Gasteiger partial charge is 0.320 e. The Bertz CT molecular complexity index is 864. The molecular weight excluding hydrogens is 390 g/mol. The van der Waals surface area contributed by atoms with Crippen LogP contribution in [0.1, 0.15) is 44.1 Å². The molecule has 30 heavy (non-hydrogen) atoms. The van der Waals surface area contributed by atoms with Gasteiger partial charge in [-0.2, -0.15) is 0 Å². The molecule has 0 spiro atoms. The van der Waals surface area contributed by atoms with Gasteiger partial charge in [-0.3, -0.25) is 0 Å². The summed E-state index contributed by atoms with van der Waals surface area (Å²) in [4.78, 5) is 17.2. The number of halogens is 2. The van der Waals surface area contributed by atoms with Gasteiger partial charge in [0, 0.05) is 30.8 Å². The summed E-state index contributed by atoms with van der Waals surface area (Å²) in [6.45, 7) is 1.34. The molecule has 2 aliphatic heterocycles. The van der Waals surface area contributed by atoms with E-state index < -0.39 is 17.2 Å². The lowest BCUT2D eigenvalue weighted by Gasteiger charge is -2.59. The Balaban J connectivity index is 1.09. The molecule has 2 amide bonds. The summed E-state index contributed by atoms with van der Waals surface area (Å²) in [5.41, 5.74) is -0.150. The normalized spacial score (nSPS) is 41.8. The first kappa shape index (κ1) is 19.0. The van der Waals surface area contributed by atoms with Gasteiger partial charge in [-0.15, -0.1) is 0 Å². The molecule has 2 heterocycles. The molecule has 5 nitrogen and oxygen atoms in total. The van der Waals surface area contributed by atoms with E-state index in [9.17, 15) is 18.7 Å². The number of carbonyl (C=O) groups is 1. The zero-order valence-electron chi connectivity index (χ0n) is 17.0. The molecule has 1 N–H and O–H groups in total. The van der Waals surface area contributed by atoms with Gasteiger partial charge in [0.1, 0.15) is 11.6 Å². The van der Waals surface area contributed by atoms with Gasteiger partial charge in [0.2, 0.25) is 0 Å².